The van der Waals surface area contributed by atoms with Crippen molar-refractivity contribution in [2.24, 2.45) is 0 Å². The highest BCUT2D eigenvalue weighted by Crippen LogP contribution is 2.26. The summed E-state index contributed by atoms with van der Waals surface area (Å²) >= 11 is 0. The summed E-state index contributed by atoms with van der Waals surface area (Å²) in [6, 6.07) is 15.0. The number of rotatable bonds is 5. The van der Waals surface area contributed by atoms with Gasteiger partial charge in [-0.1, -0.05) is 24.3 Å². The number of nitrogens with one attached hydrogen (secondary N) is 2. The van der Waals surface area contributed by atoms with Crippen LogP contribution in [0.2, 0.25) is 0 Å². The molecule has 0 bridgehead atoms. The van der Waals surface area contributed by atoms with E-state index in [1.54, 1.807) is 0 Å². The second-order valence-electron chi connectivity index (χ2n) is 7.79. The van der Waals surface area contributed by atoms with Crippen LogP contribution in [0.15, 0.2) is 48.7 Å². The molecule has 144 valence electrons. The number of H-pyrrole nitrogens is 2. The summed E-state index contributed by atoms with van der Waals surface area (Å²) in [6.07, 6.45) is 4.52. The minimum atomic E-state index is 0.985. The van der Waals surface area contributed by atoms with Gasteiger partial charge in [-0.2, -0.15) is 0 Å². The lowest BCUT2D eigenvalue weighted by molar-refractivity contribution is 0.255. The minimum absolute atomic E-state index is 0.985. The van der Waals surface area contributed by atoms with E-state index in [0.29, 0.717) is 0 Å². The standard InChI is InChI=1S/C23H27N5/c1-17-25-21-9-4-10-22(23(21)26-17)28-14-12-27(13-15-28)11-5-6-18-16-24-20-8-3-2-7-19(18)20/h2-4,7-10,16,24H,5-6,11-15H2,1H3,(H,25,26). The van der Waals surface area contributed by atoms with E-state index in [9.17, 15) is 0 Å². The van der Waals surface area contributed by atoms with E-state index in [0.717, 1.165) is 49.5 Å². The summed E-state index contributed by atoms with van der Waals surface area (Å²) < 4.78 is 0. The zero-order chi connectivity index (χ0) is 18.9. The van der Waals surface area contributed by atoms with Crippen LogP contribution in [0.5, 0.6) is 0 Å². The van der Waals surface area contributed by atoms with Gasteiger partial charge in [0.15, 0.2) is 0 Å². The molecule has 4 aromatic rings. The van der Waals surface area contributed by atoms with Gasteiger partial charge in [-0.25, -0.2) is 4.98 Å². The molecule has 5 nitrogen and oxygen atoms in total. The SMILES string of the molecule is Cc1nc2c(N3CCN(CCCc4c[nH]c5ccccc45)CC3)cccc2[nH]1. The molecule has 1 saturated heterocycles. The fraction of sp³-hybridized carbons (Fsp3) is 0.348. The highest BCUT2D eigenvalue weighted by Gasteiger charge is 2.19. The average molecular weight is 374 g/mol. The second kappa shape index (κ2) is 7.32. The number of aromatic amines is 2. The van der Waals surface area contributed by atoms with Gasteiger partial charge in [0, 0.05) is 43.3 Å². The molecule has 0 aliphatic carbocycles. The van der Waals surface area contributed by atoms with E-state index < -0.39 is 0 Å². The predicted molar refractivity (Wildman–Crippen MR) is 116 cm³/mol. The van der Waals surface area contributed by atoms with Crippen molar-refractivity contribution in [3.8, 4) is 0 Å². The van der Waals surface area contributed by atoms with Crippen molar-refractivity contribution in [2.75, 3.05) is 37.6 Å². The molecule has 0 spiro atoms. The summed E-state index contributed by atoms with van der Waals surface area (Å²) in [5, 5.41) is 1.37. The molecular formula is C23H27N5. The molecule has 0 radical (unpaired) electrons. The first kappa shape index (κ1) is 17.3. The van der Waals surface area contributed by atoms with E-state index >= 15 is 0 Å². The Morgan fingerprint density at radius 2 is 1.79 bits per heavy atom. The molecule has 0 unspecified atom stereocenters. The molecular weight excluding hydrogens is 346 g/mol. The van der Waals surface area contributed by atoms with E-state index in [-0.39, 0.29) is 0 Å². The first-order valence-electron chi connectivity index (χ1n) is 10.3. The zero-order valence-corrected chi connectivity index (χ0v) is 16.4. The number of piperazine rings is 1. The van der Waals surface area contributed by atoms with Crippen LogP contribution in [0.25, 0.3) is 21.9 Å². The van der Waals surface area contributed by atoms with E-state index in [1.165, 1.54) is 35.1 Å². The van der Waals surface area contributed by atoms with Crippen molar-refractivity contribution < 1.29 is 0 Å². The fourth-order valence-corrected chi connectivity index (χ4v) is 4.44. The minimum Gasteiger partial charge on any atom is -0.367 e. The highest BCUT2D eigenvalue weighted by atomic mass is 15.3. The zero-order valence-electron chi connectivity index (χ0n) is 16.4. The summed E-state index contributed by atoms with van der Waals surface area (Å²) in [5.41, 5.74) is 6.19. The third kappa shape index (κ3) is 3.27. The Balaban J connectivity index is 1.17. The Hall–Kier alpha value is -2.79. The Morgan fingerprint density at radius 1 is 0.964 bits per heavy atom. The van der Waals surface area contributed by atoms with Gasteiger partial charge < -0.3 is 14.9 Å². The Labute approximate surface area is 165 Å². The summed E-state index contributed by atoms with van der Waals surface area (Å²) in [5.74, 6) is 0.985. The average Bonchev–Trinajstić information content (AvgIpc) is 3.31. The largest absolute Gasteiger partial charge is 0.367 e. The molecule has 1 fully saturated rings. The van der Waals surface area contributed by atoms with Crippen molar-refractivity contribution in [2.45, 2.75) is 19.8 Å². The van der Waals surface area contributed by atoms with Crippen LogP contribution in [0, 0.1) is 6.92 Å². The quantitative estimate of drug-likeness (QED) is 0.554. The molecule has 2 aromatic carbocycles. The van der Waals surface area contributed by atoms with Gasteiger partial charge in [0.05, 0.1) is 11.2 Å². The summed E-state index contributed by atoms with van der Waals surface area (Å²) in [6.45, 7) is 7.56. The lowest BCUT2D eigenvalue weighted by Gasteiger charge is -2.36. The Morgan fingerprint density at radius 3 is 2.68 bits per heavy atom. The second-order valence-corrected chi connectivity index (χ2v) is 7.79. The van der Waals surface area contributed by atoms with Crippen molar-refractivity contribution in [3.63, 3.8) is 0 Å². The van der Waals surface area contributed by atoms with Crippen LogP contribution in [-0.2, 0) is 6.42 Å². The van der Waals surface area contributed by atoms with Gasteiger partial charge in [-0.05, 0) is 50.1 Å². The normalized spacial score (nSPS) is 15.7. The van der Waals surface area contributed by atoms with Crippen LogP contribution < -0.4 is 4.90 Å². The first-order valence-corrected chi connectivity index (χ1v) is 10.3. The number of hydrogen-bond donors (Lipinski definition) is 2. The molecule has 5 rings (SSSR count). The smallest absolute Gasteiger partial charge is 0.112 e. The topological polar surface area (TPSA) is 51.0 Å². The van der Waals surface area contributed by atoms with Crippen molar-refractivity contribution >= 4 is 27.6 Å². The maximum atomic E-state index is 4.70. The molecule has 5 heteroatoms. The van der Waals surface area contributed by atoms with Gasteiger partial charge >= 0.3 is 0 Å². The fourth-order valence-electron chi connectivity index (χ4n) is 4.44. The summed E-state index contributed by atoms with van der Waals surface area (Å²) in [4.78, 5) is 16.5. The Kier molecular flexibility index (Phi) is 4.53. The number of hydrogen-bond acceptors (Lipinski definition) is 3. The third-order valence-electron chi connectivity index (χ3n) is 5.92. The lowest BCUT2D eigenvalue weighted by atomic mass is 10.1. The Bertz CT molecular complexity index is 1080. The third-order valence-corrected chi connectivity index (χ3v) is 5.92. The van der Waals surface area contributed by atoms with Crippen LogP contribution in [0.4, 0.5) is 5.69 Å². The molecule has 0 saturated carbocycles. The van der Waals surface area contributed by atoms with Crippen LogP contribution >= 0.6 is 0 Å². The number of para-hydroxylation sites is 2. The molecule has 1 aliphatic rings. The molecule has 2 aromatic heterocycles. The predicted octanol–water partition coefficient (Wildman–Crippen LogP) is 4.11. The molecule has 1 aliphatic heterocycles. The molecule has 2 N–H and O–H groups in total. The number of aryl methyl sites for hydroxylation is 2. The van der Waals surface area contributed by atoms with Gasteiger partial charge in [0.2, 0.25) is 0 Å². The van der Waals surface area contributed by atoms with E-state index in [1.807, 2.05) is 6.92 Å². The van der Waals surface area contributed by atoms with Crippen LogP contribution in [-0.4, -0.2) is 52.6 Å². The lowest BCUT2D eigenvalue weighted by Crippen LogP contribution is -2.46. The van der Waals surface area contributed by atoms with E-state index in [2.05, 4.69) is 68.4 Å². The van der Waals surface area contributed by atoms with Crippen LogP contribution in [0.1, 0.15) is 17.8 Å². The number of anilines is 1. The molecule has 0 amide bonds. The van der Waals surface area contributed by atoms with Gasteiger partial charge in [0.25, 0.3) is 0 Å². The van der Waals surface area contributed by atoms with Gasteiger partial charge in [-0.15, -0.1) is 0 Å². The monoisotopic (exact) mass is 373 g/mol. The molecule has 28 heavy (non-hydrogen) atoms. The number of fused-ring (bicyclic) bond motifs is 2. The molecule has 3 heterocycles. The van der Waals surface area contributed by atoms with E-state index in [4.69, 9.17) is 4.98 Å². The maximum Gasteiger partial charge on any atom is 0.112 e. The number of benzene rings is 2. The highest BCUT2D eigenvalue weighted by molar-refractivity contribution is 5.89. The van der Waals surface area contributed by atoms with Gasteiger partial charge in [0.1, 0.15) is 11.3 Å². The van der Waals surface area contributed by atoms with Crippen LogP contribution in [0.3, 0.4) is 0 Å². The molecule has 0 atom stereocenters. The number of nitrogens with zero attached hydrogens (tertiary/aromatic N) is 3. The van der Waals surface area contributed by atoms with Crippen molar-refractivity contribution in [3.05, 3.63) is 60.0 Å². The van der Waals surface area contributed by atoms with Crippen molar-refractivity contribution in [1.29, 1.82) is 0 Å². The maximum absolute atomic E-state index is 4.70. The number of imidazole rings is 1. The van der Waals surface area contributed by atoms with Crippen molar-refractivity contribution in [1.82, 2.24) is 19.9 Å². The summed E-state index contributed by atoms with van der Waals surface area (Å²) in [7, 11) is 0. The number of aromatic nitrogens is 3. The van der Waals surface area contributed by atoms with Gasteiger partial charge in [-0.3, -0.25) is 4.90 Å². The first-order chi connectivity index (χ1) is 13.8.